The number of para-hydroxylation sites is 1. The van der Waals surface area contributed by atoms with Gasteiger partial charge in [0, 0.05) is 6.54 Å². The normalized spacial score (nSPS) is 11.0. The molecule has 0 bridgehead atoms. The zero-order valence-corrected chi connectivity index (χ0v) is 14.0. The van der Waals surface area contributed by atoms with Gasteiger partial charge in [-0.25, -0.2) is 0 Å². The first-order chi connectivity index (χ1) is 11.7. The van der Waals surface area contributed by atoms with Crippen LogP contribution in [0.2, 0.25) is 0 Å². The predicted molar refractivity (Wildman–Crippen MR) is 92.2 cm³/mol. The summed E-state index contributed by atoms with van der Waals surface area (Å²) >= 11 is 0. The number of rotatable bonds is 7. The third kappa shape index (κ3) is 4.17. The molecule has 6 nitrogen and oxygen atoms in total. The third-order valence-corrected chi connectivity index (χ3v) is 3.68. The van der Waals surface area contributed by atoms with Gasteiger partial charge in [0.25, 0.3) is 0 Å². The Balaban J connectivity index is 1.54. The van der Waals surface area contributed by atoms with Crippen LogP contribution in [0.15, 0.2) is 54.6 Å². The molecular formula is C18H21N5O. The van der Waals surface area contributed by atoms with Crippen LogP contribution in [0.4, 0.5) is 0 Å². The van der Waals surface area contributed by atoms with Crippen LogP contribution in [0, 0.1) is 6.92 Å². The van der Waals surface area contributed by atoms with Gasteiger partial charge in [0.05, 0.1) is 12.2 Å². The number of hydrogen-bond donors (Lipinski definition) is 0. The minimum atomic E-state index is 0.618. The van der Waals surface area contributed by atoms with E-state index in [4.69, 9.17) is 4.74 Å². The van der Waals surface area contributed by atoms with Crippen molar-refractivity contribution in [1.29, 1.82) is 0 Å². The second-order valence-electron chi connectivity index (χ2n) is 5.75. The summed E-state index contributed by atoms with van der Waals surface area (Å²) in [6.07, 6.45) is 0. The standard InChI is InChI=1S/C18H21N5O/c1-15-7-6-10-17(13-15)24-12-11-22(2)14-18-19-20-21-23(18)16-8-4-3-5-9-16/h3-10,13H,11-12,14H2,1-2H3. The maximum atomic E-state index is 5.79. The number of tetrazole rings is 1. The van der Waals surface area contributed by atoms with Crippen molar-refractivity contribution in [3.63, 3.8) is 0 Å². The van der Waals surface area contributed by atoms with E-state index in [1.807, 2.05) is 55.6 Å². The van der Waals surface area contributed by atoms with Crippen LogP contribution >= 0.6 is 0 Å². The third-order valence-electron chi connectivity index (χ3n) is 3.68. The molecule has 0 N–H and O–H groups in total. The first-order valence-electron chi connectivity index (χ1n) is 7.93. The number of aryl methyl sites for hydroxylation is 1. The van der Waals surface area contributed by atoms with Gasteiger partial charge in [0.2, 0.25) is 0 Å². The minimum Gasteiger partial charge on any atom is -0.492 e. The Hall–Kier alpha value is -2.73. The number of ether oxygens (including phenoxy) is 1. The van der Waals surface area contributed by atoms with Gasteiger partial charge in [0.1, 0.15) is 12.4 Å². The molecule has 2 aromatic carbocycles. The zero-order chi connectivity index (χ0) is 16.8. The lowest BCUT2D eigenvalue weighted by molar-refractivity contribution is 0.228. The SMILES string of the molecule is Cc1cccc(OCCN(C)Cc2nnnn2-c2ccccc2)c1. The van der Waals surface area contributed by atoms with E-state index >= 15 is 0 Å². The highest BCUT2D eigenvalue weighted by Crippen LogP contribution is 2.12. The molecule has 0 saturated carbocycles. The van der Waals surface area contributed by atoms with Crippen molar-refractivity contribution in [2.75, 3.05) is 20.2 Å². The molecule has 0 unspecified atom stereocenters. The van der Waals surface area contributed by atoms with Gasteiger partial charge in [-0.2, -0.15) is 4.68 Å². The van der Waals surface area contributed by atoms with Gasteiger partial charge in [0.15, 0.2) is 5.82 Å². The Morgan fingerprint density at radius 2 is 1.92 bits per heavy atom. The van der Waals surface area contributed by atoms with E-state index in [0.717, 1.165) is 23.8 Å². The molecule has 3 aromatic rings. The van der Waals surface area contributed by atoms with Crippen molar-refractivity contribution < 1.29 is 4.74 Å². The molecular weight excluding hydrogens is 302 g/mol. The molecule has 0 saturated heterocycles. The molecule has 0 spiro atoms. The summed E-state index contributed by atoms with van der Waals surface area (Å²) in [5, 5.41) is 12.0. The lowest BCUT2D eigenvalue weighted by Gasteiger charge is -2.16. The molecule has 24 heavy (non-hydrogen) atoms. The van der Waals surface area contributed by atoms with Crippen molar-refractivity contribution in [3.8, 4) is 11.4 Å². The second-order valence-corrected chi connectivity index (χ2v) is 5.75. The van der Waals surface area contributed by atoms with Gasteiger partial charge in [-0.1, -0.05) is 30.3 Å². The van der Waals surface area contributed by atoms with E-state index in [-0.39, 0.29) is 0 Å². The quantitative estimate of drug-likeness (QED) is 0.668. The molecule has 6 heteroatoms. The van der Waals surface area contributed by atoms with Crippen LogP contribution in [0.25, 0.3) is 5.69 Å². The summed E-state index contributed by atoms with van der Waals surface area (Å²) in [6, 6.07) is 18.0. The summed E-state index contributed by atoms with van der Waals surface area (Å²) < 4.78 is 7.55. The molecule has 3 rings (SSSR count). The molecule has 0 aliphatic rings. The van der Waals surface area contributed by atoms with Gasteiger partial charge < -0.3 is 4.74 Å². The molecule has 124 valence electrons. The van der Waals surface area contributed by atoms with E-state index in [9.17, 15) is 0 Å². The molecule has 1 aromatic heterocycles. The Morgan fingerprint density at radius 1 is 1.08 bits per heavy atom. The number of nitrogens with zero attached hydrogens (tertiary/aromatic N) is 5. The fourth-order valence-electron chi connectivity index (χ4n) is 2.42. The average Bonchev–Trinajstić information content (AvgIpc) is 3.04. The van der Waals surface area contributed by atoms with Crippen molar-refractivity contribution in [1.82, 2.24) is 25.1 Å². The Morgan fingerprint density at radius 3 is 2.71 bits per heavy atom. The Kier molecular flexibility index (Phi) is 5.18. The fourth-order valence-corrected chi connectivity index (χ4v) is 2.42. The molecule has 0 atom stereocenters. The molecule has 0 aliphatic carbocycles. The van der Waals surface area contributed by atoms with Gasteiger partial charge >= 0.3 is 0 Å². The number of hydrogen-bond acceptors (Lipinski definition) is 5. The first-order valence-corrected chi connectivity index (χ1v) is 7.93. The number of benzene rings is 2. The number of aromatic nitrogens is 4. The highest BCUT2D eigenvalue weighted by atomic mass is 16.5. The van der Waals surface area contributed by atoms with Crippen molar-refractivity contribution >= 4 is 0 Å². The summed E-state index contributed by atoms with van der Waals surface area (Å²) in [4.78, 5) is 2.14. The van der Waals surface area contributed by atoms with Crippen LogP contribution in [-0.4, -0.2) is 45.3 Å². The van der Waals surface area contributed by atoms with E-state index in [1.165, 1.54) is 5.56 Å². The second kappa shape index (κ2) is 7.70. The molecule has 0 radical (unpaired) electrons. The Bertz CT molecular complexity index is 772. The molecule has 0 amide bonds. The maximum absolute atomic E-state index is 5.79. The summed E-state index contributed by atoms with van der Waals surface area (Å²) in [5.41, 5.74) is 2.16. The largest absolute Gasteiger partial charge is 0.492 e. The van der Waals surface area contributed by atoms with Crippen LogP contribution < -0.4 is 4.74 Å². The average molecular weight is 323 g/mol. The van der Waals surface area contributed by atoms with Crippen molar-refractivity contribution in [3.05, 3.63) is 66.0 Å². The zero-order valence-electron chi connectivity index (χ0n) is 14.0. The fraction of sp³-hybridized carbons (Fsp3) is 0.278. The van der Waals surface area contributed by atoms with E-state index in [2.05, 4.69) is 33.4 Å². The lowest BCUT2D eigenvalue weighted by Crippen LogP contribution is -2.25. The lowest BCUT2D eigenvalue weighted by atomic mass is 10.2. The van der Waals surface area contributed by atoms with E-state index in [1.54, 1.807) is 4.68 Å². The van der Waals surface area contributed by atoms with Gasteiger partial charge in [-0.15, -0.1) is 5.10 Å². The molecule has 0 fully saturated rings. The van der Waals surface area contributed by atoms with Crippen LogP contribution in [0.1, 0.15) is 11.4 Å². The van der Waals surface area contributed by atoms with E-state index in [0.29, 0.717) is 13.2 Å². The van der Waals surface area contributed by atoms with Gasteiger partial charge in [-0.3, -0.25) is 4.90 Å². The topological polar surface area (TPSA) is 56.1 Å². The summed E-state index contributed by atoms with van der Waals surface area (Å²) in [6.45, 7) is 4.11. The smallest absolute Gasteiger partial charge is 0.170 e. The molecule has 1 heterocycles. The van der Waals surface area contributed by atoms with E-state index < -0.39 is 0 Å². The maximum Gasteiger partial charge on any atom is 0.170 e. The first kappa shape index (κ1) is 16.1. The highest BCUT2D eigenvalue weighted by molar-refractivity contribution is 5.30. The number of likely N-dealkylation sites (N-methyl/N-ethyl adjacent to an activating group) is 1. The van der Waals surface area contributed by atoms with Crippen LogP contribution in [0.3, 0.4) is 0 Å². The predicted octanol–water partition coefficient (Wildman–Crippen LogP) is 2.48. The van der Waals surface area contributed by atoms with Crippen LogP contribution in [-0.2, 0) is 6.54 Å². The monoisotopic (exact) mass is 323 g/mol. The summed E-state index contributed by atoms with van der Waals surface area (Å²) in [7, 11) is 2.03. The van der Waals surface area contributed by atoms with Crippen LogP contribution in [0.5, 0.6) is 5.75 Å². The minimum absolute atomic E-state index is 0.618. The summed E-state index contributed by atoms with van der Waals surface area (Å²) in [5.74, 6) is 1.71. The van der Waals surface area contributed by atoms with Crippen molar-refractivity contribution in [2.45, 2.75) is 13.5 Å². The molecule has 0 aliphatic heterocycles. The highest BCUT2D eigenvalue weighted by Gasteiger charge is 2.10. The van der Waals surface area contributed by atoms with Gasteiger partial charge in [-0.05, 0) is 54.2 Å². The van der Waals surface area contributed by atoms with Crippen molar-refractivity contribution in [2.24, 2.45) is 0 Å². The Labute approximate surface area is 141 Å².